The van der Waals surface area contributed by atoms with Gasteiger partial charge in [0.1, 0.15) is 5.60 Å². The van der Waals surface area contributed by atoms with Gasteiger partial charge in [-0.2, -0.15) is 0 Å². The lowest BCUT2D eigenvalue weighted by Crippen LogP contribution is -2.44. The maximum absolute atomic E-state index is 10.7. The maximum Gasteiger partial charge on any atom is 0.212 e. The molecule has 2 aromatic rings. The number of hydrogen-bond donors (Lipinski definition) is 3. The molecule has 26 heavy (non-hydrogen) atoms. The molecular formula is C19H27IN4O2. The normalized spacial score (nSPS) is 13.3. The zero-order chi connectivity index (χ0) is 18.1. The van der Waals surface area contributed by atoms with Crippen LogP contribution < -0.4 is 15.4 Å². The van der Waals surface area contributed by atoms with Crippen molar-refractivity contribution in [2.24, 2.45) is 4.99 Å². The number of aromatic nitrogens is 1. The van der Waals surface area contributed by atoms with Gasteiger partial charge in [0.05, 0.1) is 20.2 Å². The standard InChI is InChI=1S/C19H26N4O2.HI/c1-4-20-18(22-13-15-10-11-17(25-3)21-12-15)23-14-19(2,24)16-8-6-5-7-9-16;/h5-12,24H,4,13-14H2,1-3H3,(H2,20,22,23);1H. The predicted octanol–water partition coefficient (Wildman–Crippen LogP) is 2.67. The summed E-state index contributed by atoms with van der Waals surface area (Å²) in [7, 11) is 1.59. The highest BCUT2D eigenvalue weighted by molar-refractivity contribution is 14.0. The quantitative estimate of drug-likeness (QED) is 0.330. The van der Waals surface area contributed by atoms with Gasteiger partial charge in [-0.15, -0.1) is 24.0 Å². The minimum Gasteiger partial charge on any atom is -0.481 e. The Bertz CT molecular complexity index is 676. The van der Waals surface area contributed by atoms with E-state index in [9.17, 15) is 5.11 Å². The number of ether oxygens (including phenoxy) is 1. The van der Waals surface area contributed by atoms with Gasteiger partial charge in [0.15, 0.2) is 5.96 Å². The second kappa shape index (κ2) is 11.0. The van der Waals surface area contributed by atoms with Crippen molar-refractivity contribution in [1.29, 1.82) is 0 Å². The van der Waals surface area contributed by atoms with Crippen molar-refractivity contribution >= 4 is 29.9 Å². The summed E-state index contributed by atoms with van der Waals surface area (Å²) in [6.07, 6.45) is 1.74. The molecule has 1 aromatic heterocycles. The highest BCUT2D eigenvalue weighted by Gasteiger charge is 2.22. The summed E-state index contributed by atoms with van der Waals surface area (Å²) >= 11 is 0. The molecule has 7 heteroatoms. The van der Waals surface area contributed by atoms with Crippen molar-refractivity contribution in [3.8, 4) is 5.88 Å². The Morgan fingerprint density at radius 2 is 1.92 bits per heavy atom. The molecule has 1 unspecified atom stereocenters. The van der Waals surface area contributed by atoms with Crippen LogP contribution in [0.4, 0.5) is 0 Å². The Balaban J connectivity index is 0.00000338. The third-order valence-corrected chi connectivity index (χ3v) is 3.77. The smallest absolute Gasteiger partial charge is 0.212 e. The van der Waals surface area contributed by atoms with Gasteiger partial charge in [-0.05, 0) is 25.0 Å². The molecule has 6 nitrogen and oxygen atoms in total. The number of methoxy groups -OCH3 is 1. The summed E-state index contributed by atoms with van der Waals surface area (Å²) in [5.74, 6) is 1.23. The summed E-state index contributed by atoms with van der Waals surface area (Å²) in [6, 6.07) is 13.3. The molecule has 0 saturated carbocycles. The molecule has 1 aromatic carbocycles. The van der Waals surface area contributed by atoms with E-state index in [0.717, 1.165) is 17.7 Å². The molecule has 0 bridgehead atoms. The van der Waals surface area contributed by atoms with E-state index in [2.05, 4.69) is 20.6 Å². The molecule has 0 aliphatic carbocycles. The maximum atomic E-state index is 10.7. The van der Waals surface area contributed by atoms with Crippen LogP contribution >= 0.6 is 24.0 Å². The van der Waals surface area contributed by atoms with Crippen LogP contribution in [-0.4, -0.2) is 36.2 Å². The number of nitrogens with zero attached hydrogens (tertiary/aromatic N) is 2. The zero-order valence-corrected chi connectivity index (χ0v) is 17.7. The lowest BCUT2D eigenvalue weighted by molar-refractivity contribution is 0.0617. The topological polar surface area (TPSA) is 78.8 Å². The summed E-state index contributed by atoms with van der Waals surface area (Å²) in [5, 5.41) is 17.1. The van der Waals surface area contributed by atoms with Crippen LogP contribution in [0.1, 0.15) is 25.0 Å². The Hall–Kier alpha value is -1.87. The number of pyridine rings is 1. The van der Waals surface area contributed by atoms with E-state index in [4.69, 9.17) is 4.74 Å². The van der Waals surface area contributed by atoms with Crippen molar-refractivity contribution in [3.05, 3.63) is 59.8 Å². The van der Waals surface area contributed by atoms with E-state index in [-0.39, 0.29) is 24.0 Å². The van der Waals surface area contributed by atoms with Crippen LogP contribution in [0.15, 0.2) is 53.7 Å². The van der Waals surface area contributed by atoms with Gasteiger partial charge in [0.25, 0.3) is 0 Å². The molecule has 0 spiro atoms. The van der Waals surface area contributed by atoms with E-state index in [1.807, 2.05) is 49.4 Å². The molecule has 0 aliphatic heterocycles. The number of rotatable bonds is 7. The summed E-state index contributed by atoms with van der Waals surface area (Å²) in [5.41, 5.74) is 0.851. The first-order chi connectivity index (χ1) is 12.0. The number of nitrogens with one attached hydrogen (secondary N) is 2. The molecule has 1 atom stereocenters. The summed E-state index contributed by atoms with van der Waals surface area (Å²) < 4.78 is 5.05. The molecule has 0 fully saturated rings. The zero-order valence-electron chi connectivity index (χ0n) is 15.4. The van der Waals surface area contributed by atoms with Crippen LogP contribution in [0.3, 0.4) is 0 Å². The first kappa shape index (κ1) is 22.2. The van der Waals surface area contributed by atoms with E-state index < -0.39 is 5.60 Å². The van der Waals surface area contributed by atoms with Gasteiger partial charge in [0.2, 0.25) is 5.88 Å². The molecule has 0 saturated heterocycles. The lowest BCUT2D eigenvalue weighted by Gasteiger charge is -2.25. The molecule has 0 amide bonds. The molecule has 2 rings (SSSR count). The Morgan fingerprint density at radius 3 is 2.50 bits per heavy atom. The van der Waals surface area contributed by atoms with Crippen LogP contribution in [0, 0.1) is 0 Å². The third-order valence-electron chi connectivity index (χ3n) is 3.77. The van der Waals surface area contributed by atoms with E-state index >= 15 is 0 Å². The highest BCUT2D eigenvalue weighted by Crippen LogP contribution is 2.18. The van der Waals surface area contributed by atoms with Gasteiger partial charge in [-0.1, -0.05) is 36.4 Å². The molecule has 0 radical (unpaired) electrons. The number of halogens is 1. The largest absolute Gasteiger partial charge is 0.481 e. The number of guanidine groups is 1. The molecule has 0 aliphatic rings. The number of benzene rings is 1. The van der Waals surface area contributed by atoms with Crippen LogP contribution in [0.2, 0.25) is 0 Å². The van der Waals surface area contributed by atoms with Gasteiger partial charge in [-0.3, -0.25) is 0 Å². The van der Waals surface area contributed by atoms with Crippen molar-refractivity contribution in [2.75, 3.05) is 20.2 Å². The predicted molar refractivity (Wildman–Crippen MR) is 115 cm³/mol. The van der Waals surface area contributed by atoms with Gasteiger partial charge >= 0.3 is 0 Å². The first-order valence-electron chi connectivity index (χ1n) is 8.34. The number of hydrogen-bond acceptors (Lipinski definition) is 4. The monoisotopic (exact) mass is 470 g/mol. The van der Waals surface area contributed by atoms with Gasteiger partial charge in [-0.25, -0.2) is 9.98 Å². The van der Waals surface area contributed by atoms with E-state index in [1.165, 1.54) is 0 Å². The van der Waals surface area contributed by atoms with Crippen molar-refractivity contribution in [2.45, 2.75) is 26.0 Å². The molecule has 1 heterocycles. The second-order valence-corrected chi connectivity index (χ2v) is 5.90. The third kappa shape index (κ3) is 6.80. The fourth-order valence-electron chi connectivity index (χ4n) is 2.29. The Labute approximate surface area is 172 Å². The highest BCUT2D eigenvalue weighted by atomic mass is 127. The average molecular weight is 470 g/mol. The van der Waals surface area contributed by atoms with E-state index in [1.54, 1.807) is 20.2 Å². The van der Waals surface area contributed by atoms with Crippen molar-refractivity contribution in [1.82, 2.24) is 15.6 Å². The molecule has 3 N–H and O–H groups in total. The molecular weight excluding hydrogens is 443 g/mol. The van der Waals surface area contributed by atoms with Crippen molar-refractivity contribution in [3.63, 3.8) is 0 Å². The fraction of sp³-hybridized carbons (Fsp3) is 0.368. The van der Waals surface area contributed by atoms with Crippen LogP contribution in [-0.2, 0) is 12.1 Å². The summed E-state index contributed by atoms with van der Waals surface area (Å²) in [4.78, 5) is 8.71. The average Bonchev–Trinajstić information content (AvgIpc) is 2.65. The van der Waals surface area contributed by atoms with Crippen LogP contribution in [0.25, 0.3) is 0 Å². The second-order valence-electron chi connectivity index (χ2n) is 5.90. The SMILES string of the molecule is CCNC(=NCc1ccc(OC)nc1)NCC(C)(O)c1ccccc1.I. The molecule has 142 valence electrons. The summed E-state index contributed by atoms with van der Waals surface area (Å²) in [6.45, 7) is 5.36. The fourth-order valence-corrected chi connectivity index (χ4v) is 2.29. The first-order valence-corrected chi connectivity index (χ1v) is 8.34. The minimum absolute atomic E-state index is 0. The minimum atomic E-state index is -0.987. The van der Waals surface area contributed by atoms with E-state index in [0.29, 0.717) is 24.9 Å². The van der Waals surface area contributed by atoms with Gasteiger partial charge < -0.3 is 20.5 Å². The van der Waals surface area contributed by atoms with Crippen LogP contribution in [0.5, 0.6) is 5.88 Å². The number of aliphatic hydroxyl groups is 1. The Kier molecular flexibility index (Phi) is 9.36. The van der Waals surface area contributed by atoms with Crippen molar-refractivity contribution < 1.29 is 9.84 Å². The Morgan fingerprint density at radius 1 is 1.19 bits per heavy atom. The lowest BCUT2D eigenvalue weighted by atomic mass is 9.96. The number of aliphatic imine (C=N–C) groups is 1. The van der Waals surface area contributed by atoms with Gasteiger partial charge in [0, 0.05) is 18.8 Å².